The van der Waals surface area contributed by atoms with Crippen LogP contribution in [0, 0.1) is 12.8 Å². The Morgan fingerprint density at radius 3 is 1.75 bits per heavy atom. The molecule has 0 aliphatic heterocycles. The van der Waals surface area contributed by atoms with Gasteiger partial charge in [-0.15, -0.1) is 6.58 Å². The summed E-state index contributed by atoms with van der Waals surface area (Å²) in [6, 6.07) is 0. The summed E-state index contributed by atoms with van der Waals surface area (Å²) >= 11 is 0. The Morgan fingerprint density at radius 1 is 1.38 bits per heavy atom. The first-order valence-corrected chi connectivity index (χ1v) is 2.01. The van der Waals surface area contributed by atoms with Gasteiger partial charge in [-0.3, -0.25) is 0 Å². The van der Waals surface area contributed by atoms with Crippen LogP contribution in [0.3, 0.4) is 0 Å². The van der Waals surface area contributed by atoms with Gasteiger partial charge in [-0.25, -0.2) is 0 Å². The van der Waals surface area contributed by atoms with E-state index in [4.69, 9.17) is 0 Å². The minimum atomic E-state index is -4.22. The summed E-state index contributed by atoms with van der Waals surface area (Å²) in [6.45, 7) is 5.73. The van der Waals surface area contributed by atoms with E-state index >= 15 is 0 Å². The molecule has 0 saturated heterocycles. The van der Waals surface area contributed by atoms with E-state index in [1.165, 1.54) is 0 Å². The third-order valence-corrected chi connectivity index (χ3v) is 0.705. The van der Waals surface area contributed by atoms with Crippen LogP contribution in [-0.4, -0.2) is 6.18 Å². The van der Waals surface area contributed by atoms with E-state index in [-0.39, 0.29) is 0 Å². The van der Waals surface area contributed by atoms with Crippen molar-refractivity contribution in [1.82, 2.24) is 0 Å². The average Bonchev–Trinajstić information content (AvgIpc) is 1.62. The van der Waals surface area contributed by atoms with Gasteiger partial charge in [-0.2, -0.15) is 13.2 Å². The van der Waals surface area contributed by atoms with Crippen LogP contribution in [0.15, 0.2) is 12.7 Å². The highest BCUT2D eigenvalue weighted by atomic mass is 19.4. The Labute approximate surface area is 46.0 Å². The van der Waals surface area contributed by atoms with Crippen LogP contribution in [0.2, 0.25) is 0 Å². The van der Waals surface area contributed by atoms with Gasteiger partial charge in [0.25, 0.3) is 0 Å². The molecular formula is C5H6F3. The van der Waals surface area contributed by atoms with Gasteiger partial charge in [0.05, 0.1) is 5.92 Å². The van der Waals surface area contributed by atoms with Crippen LogP contribution < -0.4 is 0 Å². The number of hydrogen-bond donors (Lipinski definition) is 0. The predicted octanol–water partition coefficient (Wildman–Crippen LogP) is 2.18. The fourth-order valence-corrected chi connectivity index (χ4v) is 0.134. The van der Waals surface area contributed by atoms with Gasteiger partial charge in [0.15, 0.2) is 0 Å². The van der Waals surface area contributed by atoms with E-state index in [1.807, 2.05) is 0 Å². The summed E-state index contributed by atoms with van der Waals surface area (Å²) in [5.74, 6) is -1.64. The molecule has 0 N–H and O–H groups in total. The van der Waals surface area contributed by atoms with Crippen LogP contribution in [-0.2, 0) is 0 Å². The number of hydrogen-bond acceptors (Lipinski definition) is 0. The summed E-state index contributed by atoms with van der Waals surface area (Å²) in [5, 5.41) is 0. The Morgan fingerprint density at radius 2 is 1.75 bits per heavy atom. The molecule has 0 aliphatic carbocycles. The number of allylic oxidation sites excluding steroid dienone is 1. The van der Waals surface area contributed by atoms with Crippen molar-refractivity contribution in [2.45, 2.75) is 6.18 Å². The molecule has 0 aliphatic rings. The summed E-state index contributed by atoms with van der Waals surface area (Å²) in [6.07, 6.45) is -3.46. The molecule has 0 bridgehead atoms. The molecule has 0 saturated carbocycles. The van der Waals surface area contributed by atoms with Crippen molar-refractivity contribution >= 4 is 0 Å². The number of alkyl halides is 3. The van der Waals surface area contributed by atoms with E-state index in [1.54, 1.807) is 0 Å². The molecule has 0 aromatic carbocycles. The third kappa shape index (κ3) is 2.00. The average molecular weight is 123 g/mol. The lowest BCUT2D eigenvalue weighted by Gasteiger charge is -2.08. The predicted molar refractivity (Wildman–Crippen MR) is 25.1 cm³/mol. The molecule has 0 fully saturated rings. The van der Waals surface area contributed by atoms with Gasteiger partial charge in [-0.1, -0.05) is 6.08 Å². The summed E-state index contributed by atoms with van der Waals surface area (Å²) in [7, 11) is 0. The van der Waals surface area contributed by atoms with Crippen molar-refractivity contribution in [2.75, 3.05) is 0 Å². The molecule has 0 nitrogen and oxygen atoms in total. The normalized spacial score (nSPS) is 15.5. The number of halogens is 3. The van der Waals surface area contributed by atoms with Gasteiger partial charge in [0, 0.05) is 0 Å². The minimum Gasteiger partial charge on any atom is -0.170 e. The molecule has 3 heteroatoms. The second kappa shape index (κ2) is 2.20. The molecule has 1 radical (unpaired) electrons. The molecule has 0 spiro atoms. The van der Waals surface area contributed by atoms with Gasteiger partial charge < -0.3 is 0 Å². The fourth-order valence-electron chi connectivity index (χ4n) is 0.134. The van der Waals surface area contributed by atoms with E-state index in [2.05, 4.69) is 13.5 Å². The van der Waals surface area contributed by atoms with Crippen molar-refractivity contribution in [3.05, 3.63) is 19.6 Å². The summed E-state index contributed by atoms with van der Waals surface area (Å²) in [5.41, 5.74) is 0. The zero-order chi connectivity index (χ0) is 6.78. The van der Waals surface area contributed by atoms with Crippen molar-refractivity contribution in [3.8, 4) is 0 Å². The highest BCUT2D eigenvalue weighted by Gasteiger charge is 2.33. The van der Waals surface area contributed by atoms with E-state index in [0.29, 0.717) is 0 Å². The van der Waals surface area contributed by atoms with Gasteiger partial charge in [0.1, 0.15) is 0 Å². The highest BCUT2D eigenvalue weighted by Crippen LogP contribution is 2.25. The maximum atomic E-state index is 11.3. The zero-order valence-corrected chi connectivity index (χ0v) is 4.20. The minimum absolute atomic E-state index is 0.764. The van der Waals surface area contributed by atoms with Crippen LogP contribution in [0.1, 0.15) is 0 Å². The van der Waals surface area contributed by atoms with Crippen LogP contribution in [0.25, 0.3) is 0 Å². The Kier molecular flexibility index (Phi) is 2.07. The molecule has 0 aromatic heterocycles. The molecule has 0 aromatic rings. The first-order chi connectivity index (χ1) is 3.48. The van der Waals surface area contributed by atoms with E-state index in [9.17, 15) is 13.2 Å². The molecule has 1 unspecified atom stereocenters. The molecule has 8 heavy (non-hydrogen) atoms. The van der Waals surface area contributed by atoms with Crippen molar-refractivity contribution < 1.29 is 13.2 Å². The van der Waals surface area contributed by atoms with Crippen LogP contribution in [0.5, 0.6) is 0 Å². The Balaban J connectivity index is 3.80. The van der Waals surface area contributed by atoms with Crippen LogP contribution >= 0.6 is 0 Å². The smallest absolute Gasteiger partial charge is 0.170 e. The second-order valence-corrected chi connectivity index (χ2v) is 1.38. The maximum absolute atomic E-state index is 11.3. The highest BCUT2D eigenvalue weighted by molar-refractivity contribution is 4.85. The largest absolute Gasteiger partial charge is 0.395 e. The molecule has 0 amide bonds. The first kappa shape index (κ1) is 7.53. The first-order valence-electron chi connectivity index (χ1n) is 2.01. The van der Waals surface area contributed by atoms with Crippen molar-refractivity contribution in [1.29, 1.82) is 0 Å². The molecular weight excluding hydrogens is 117 g/mol. The lowest BCUT2D eigenvalue weighted by molar-refractivity contribution is -0.149. The SMILES string of the molecule is [CH2]C(C=C)C(F)(F)F. The summed E-state index contributed by atoms with van der Waals surface area (Å²) < 4.78 is 33.9. The standard InChI is InChI=1S/C5H6F3/c1-3-4(2)5(6,7)8/h3-4H,1-2H2. The molecule has 1 atom stereocenters. The third-order valence-electron chi connectivity index (χ3n) is 0.705. The molecule has 47 valence electrons. The number of rotatable bonds is 1. The lowest BCUT2D eigenvalue weighted by atomic mass is 10.2. The van der Waals surface area contributed by atoms with Crippen molar-refractivity contribution in [3.63, 3.8) is 0 Å². The fraction of sp³-hybridized carbons (Fsp3) is 0.400. The lowest BCUT2D eigenvalue weighted by Crippen LogP contribution is -2.17. The molecule has 0 rings (SSSR count). The Hall–Kier alpha value is -0.470. The second-order valence-electron chi connectivity index (χ2n) is 1.38. The topological polar surface area (TPSA) is 0 Å². The molecule has 0 heterocycles. The van der Waals surface area contributed by atoms with E-state index in [0.717, 1.165) is 6.08 Å². The van der Waals surface area contributed by atoms with Gasteiger partial charge >= 0.3 is 6.18 Å². The maximum Gasteiger partial charge on any atom is 0.395 e. The zero-order valence-electron chi connectivity index (χ0n) is 4.20. The Bertz CT molecular complexity index is 82.2. The quantitative estimate of drug-likeness (QED) is 0.469. The van der Waals surface area contributed by atoms with Gasteiger partial charge in [0.2, 0.25) is 0 Å². The summed E-state index contributed by atoms with van der Waals surface area (Å²) in [4.78, 5) is 0. The van der Waals surface area contributed by atoms with Crippen LogP contribution in [0.4, 0.5) is 13.2 Å². The monoisotopic (exact) mass is 123 g/mol. The van der Waals surface area contributed by atoms with E-state index < -0.39 is 12.1 Å². The van der Waals surface area contributed by atoms with Gasteiger partial charge in [-0.05, 0) is 6.92 Å². The van der Waals surface area contributed by atoms with Crippen molar-refractivity contribution in [2.24, 2.45) is 5.92 Å².